The molecule has 0 aromatic carbocycles. The molecule has 1 N–H and O–H groups in total. The average Bonchev–Trinajstić information content (AvgIpc) is 1.35. The summed E-state index contributed by atoms with van der Waals surface area (Å²) in [6.07, 6.45) is 0. The molecule has 0 saturated heterocycles. The van der Waals surface area contributed by atoms with Gasteiger partial charge in [-0.1, -0.05) is 22.5 Å². The molecule has 0 aromatic heterocycles. The van der Waals surface area contributed by atoms with E-state index >= 15 is 0 Å². The van der Waals surface area contributed by atoms with Gasteiger partial charge in [0.15, 0.2) is 0 Å². The third kappa shape index (κ3) is 10.7. The first kappa shape index (κ1) is 10.5. The van der Waals surface area contributed by atoms with Gasteiger partial charge in [0.2, 0.25) is 0 Å². The summed E-state index contributed by atoms with van der Waals surface area (Å²) < 4.78 is 0.991. The highest BCUT2D eigenvalue weighted by atomic mass is 79.9. The van der Waals surface area contributed by atoms with E-state index in [1.165, 1.54) is 0 Å². The molecule has 0 atom stereocenters. The van der Waals surface area contributed by atoms with Gasteiger partial charge in [0.05, 0.1) is 0 Å². The maximum absolute atomic E-state index is 3.60. The minimum absolute atomic E-state index is 0. The Morgan fingerprint density at radius 3 is 2.29 bits per heavy atom. The molecular weight excluding hydrogens is 177 g/mol. The van der Waals surface area contributed by atoms with Crippen LogP contribution >= 0.6 is 28.3 Å². The Hall–Kier alpha value is 0.470. The van der Waals surface area contributed by atoms with Gasteiger partial charge >= 0.3 is 0 Å². The molecule has 44 valence electrons. The summed E-state index contributed by atoms with van der Waals surface area (Å²) in [5.74, 6) is 0. The second-order valence-electron chi connectivity index (χ2n) is 1.05. The van der Waals surface area contributed by atoms with Crippen LogP contribution in [0.4, 0.5) is 0 Å². The van der Waals surface area contributed by atoms with Gasteiger partial charge in [-0.05, 0) is 7.05 Å². The quantitative estimate of drug-likeness (QED) is 0.690. The normalized spacial score (nSPS) is 7.14. The van der Waals surface area contributed by atoms with Crippen LogP contribution in [0.2, 0.25) is 0 Å². The fourth-order valence-corrected chi connectivity index (χ4v) is 0.472. The first-order chi connectivity index (χ1) is 2.77. The molecule has 0 aliphatic carbocycles. The van der Waals surface area contributed by atoms with Crippen LogP contribution in [0.1, 0.15) is 0 Å². The van der Waals surface area contributed by atoms with Gasteiger partial charge in [-0.15, -0.1) is 12.4 Å². The highest BCUT2D eigenvalue weighted by Crippen LogP contribution is 1.94. The molecule has 0 aliphatic rings. The minimum atomic E-state index is 0. The first-order valence-electron chi connectivity index (χ1n) is 1.75. The zero-order valence-electron chi connectivity index (χ0n) is 4.20. The summed E-state index contributed by atoms with van der Waals surface area (Å²) in [5, 5.41) is 2.92. The summed E-state index contributed by atoms with van der Waals surface area (Å²) >= 11 is 3.18. The second kappa shape index (κ2) is 6.47. The molecule has 0 saturated carbocycles. The van der Waals surface area contributed by atoms with Crippen molar-refractivity contribution in [2.75, 3.05) is 13.6 Å². The largest absolute Gasteiger partial charge is 0.315 e. The molecule has 3 heteroatoms. The third-order valence-corrected chi connectivity index (χ3v) is 0.649. The van der Waals surface area contributed by atoms with Crippen molar-refractivity contribution in [3.8, 4) is 0 Å². The Balaban J connectivity index is 0. The van der Waals surface area contributed by atoms with Crippen molar-refractivity contribution in [1.29, 1.82) is 0 Å². The molecule has 0 aliphatic heterocycles. The van der Waals surface area contributed by atoms with Crippen molar-refractivity contribution in [2.45, 2.75) is 0 Å². The Morgan fingerprint density at radius 2 is 2.29 bits per heavy atom. The molecule has 0 fully saturated rings. The van der Waals surface area contributed by atoms with Gasteiger partial charge in [0.25, 0.3) is 0 Å². The number of hydrogen-bond acceptors (Lipinski definition) is 1. The van der Waals surface area contributed by atoms with Gasteiger partial charge in [-0.25, -0.2) is 0 Å². The maximum Gasteiger partial charge on any atom is 0.0262 e. The predicted molar refractivity (Wildman–Crippen MR) is 39.2 cm³/mol. The summed E-state index contributed by atoms with van der Waals surface area (Å²) in [4.78, 5) is 0. The predicted octanol–water partition coefficient (Wildman–Crippen LogP) is 1.54. The SMILES string of the molecule is C=C(Br)CNC.Cl. The first-order valence-corrected chi connectivity index (χ1v) is 2.54. The number of hydrogen-bond donors (Lipinski definition) is 1. The van der Waals surface area contributed by atoms with Crippen LogP contribution in [0, 0.1) is 0 Å². The van der Waals surface area contributed by atoms with E-state index in [1.54, 1.807) is 0 Å². The molecule has 0 amide bonds. The molecular formula is C4H9BrClN. The molecule has 0 aromatic rings. The van der Waals surface area contributed by atoms with Crippen LogP contribution in [0.25, 0.3) is 0 Å². The summed E-state index contributed by atoms with van der Waals surface area (Å²) in [7, 11) is 1.88. The van der Waals surface area contributed by atoms with Gasteiger partial charge in [0, 0.05) is 11.0 Å². The lowest BCUT2D eigenvalue weighted by molar-refractivity contribution is 0.915. The van der Waals surface area contributed by atoms with E-state index in [-0.39, 0.29) is 12.4 Å². The monoisotopic (exact) mass is 185 g/mol. The van der Waals surface area contributed by atoms with Crippen LogP contribution in [0.15, 0.2) is 11.1 Å². The van der Waals surface area contributed by atoms with E-state index in [0.717, 1.165) is 11.0 Å². The molecule has 7 heavy (non-hydrogen) atoms. The Kier molecular flexibility index (Phi) is 9.66. The van der Waals surface area contributed by atoms with Crippen molar-refractivity contribution < 1.29 is 0 Å². The average molecular weight is 186 g/mol. The zero-order chi connectivity index (χ0) is 4.99. The smallest absolute Gasteiger partial charge is 0.0262 e. The number of nitrogens with one attached hydrogen (secondary N) is 1. The topological polar surface area (TPSA) is 12.0 Å². The van der Waals surface area contributed by atoms with E-state index in [1.807, 2.05) is 7.05 Å². The molecule has 0 bridgehead atoms. The third-order valence-electron chi connectivity index (χ3n) is 0.369. The molecule has 0 spiro atoms. The van der Waals surface area contributed by atoms with Gasteiger partial charge in [0.1, 0.15) is 0 Å². The number of rotatable bonds is 2. The van der Waals surface area contributed by atoms with E-state index in [9.17, 15) is 0 Å². The fourth-order valence-electron chi connectivity index (χ4n) is 0.192. The van der Waals surface area contributed by atoms with E-state index in [2.05, 4.69) is 27.8 Å². The van der Waals surface area contributed by atoms with Gasteiger partial charge in [-0.2, -0.15) is 0 Å². The van der Waals surface area contributed by atoms with E-state index < -0.39 is 0 Å². The maximum atomic E-state index is 3.60. The minimum Gasteiger partial charge on any atom is -0.315 e. The Morgan fingerprint density at radius 1 is 1.86 bits per heavy atom. The van der Waals surface area contributed by atoms with Gasteiger partial charge < -0.3 is 5.32 Å². The Labute approximate surface area is 58.7 Å². The van der Waals surface area contributed by atoms with Crippen molar-refractivity contribution in [1.82, 2.24) is 5.32 Å². The lowest BCUT2D eigenvalue weighted by atomic mass is 10.6. The second-order valence-corrected chi connectivity index (χ2v) is 2.17. The molecule has 0 radical (unpaired) electrons. The van der Waals surface area contributed by atoms with Crippen LogP contribution in [-0.4, -0.2) is 13.6 Å². The van der Waals surface area contributed by atoms with Crippen LogP contribution < -0.4 is 5.32 Å². The van der Waals surface area contributed by atoms with Crippen LogP contribution in [0.3, 0.4) is 0 Å². The lowest BCUT2D eigenvalue weighted by Crippen LogP contribution is -2.05. The summed E-state index contributed by atoms with van der Waals surface area (Å²) in [5.41, 5.74) is 0. The molecule has 1 nitrogen and oxygen atoms in total. The standard InChI is InChI=1S/C4H8BrN.ClH/c1-4(5)3-6-2;/h6H,1,3H2,2H3;1H. The van der Waals surface area contributed by atoms with Crippen molar-refractivity contribution in [2.24, 2.45) is 0 Å². The lowest BCUT2D eigenvalue weighted by Gasteiger charge is -1.88. The van der Waals surface area contributed by atoms with Crippen molar-refractivity contribution in [3.05, 3.63) is 11.1 Å². The molecule has 0 heterocycles. The fraction of sp³-hybridized carbons (Fsp3) is 0.500. The Bertz CT molecular complexity index is 55.7. The number of likely N-dealkylation sites (N-methyl/N-ethyl adjacent to an activating group) is 1. The zero-order valence-corrected chi connectivity index (χ0v) is 6.60. The molecule has 0 rings (SSSR count). The highest BCUT2D eigenvalue weighted by molar-refractivity contribution is 9.11. The number of halogens is 2. The van der Waals surface area contributed by atoms with Crippen molar-refractivity contribution in [3.63, 3.8) is 0 Å². The van der Waals surface area contributed by atoms with Crippen LogP contribution in [-0.2, 0) is 0 Å². The van der Waals surface area contributed by atoms with E-state index in [4.69, 9.17) is 0 Å². The van der Waals surface area contributed by atoms with E-state index in [0.29, 0.717) is 0 Å². The van der Waals surface area contributed by atoms with Gasteiger partial charge in [-0.3, -0.25) is 0 Å². The molecule has 0 unspecified atom stereocenters. The van der Waals surface area contributed by atoms with Crippen LogP contribution in [0.5, 0.6) is 0 Å². The van der Waals surface area contributed by atoms with Crippen molar-refractivity contribution >= 4 is 28.3 Å². The highest BCUT2D eigenvalue weighted by Gasteiger charge is 1.76. The summed E-state index contributed by atoms with van der Waals surface area (Å²) in [6, 6.07) is 0. The summed E-state index contributed by atoms with van der Waals surface area (Å²) in [6.45, 7) is 4.45.